The summed E-state index contributed by atoms with van der Waals surface area (Å²) in [7, 11) is 0. The van der Waals surface area contributed by atoms with Gasteiger partial charge in [0.15, 0.2) is 0 Å². The topological polar surface area (TPSA) is 32.9 Å². The van der Waals surface area contributed by atoms with Crippen molar-refractivity contribution in [1.29, 1.82) is 0 Å². The first-order chi connectivity index (χ1) is 10.1. The molecule has 1 aliphatic carbocycles. The third-order valence-corrected chi connectivity index (χ3v) is 5.37. The highest BCUT2D eigenvalue weighted by Crippen LogP contribution is 2.33. The smallest absolute Gasteiger partial charge is 0.255 e. The van der Waals surface area contributed by atoms with E-state index in [0.29, 0.717) is 5.39 Å². The fourth-order valence-corrected chi connectivity index (χ4v) is 3.77. The Labute approximate surface area is 130 Å². The number of aromatic amines is 1. The summed E-state index contributed by atoms with van der Waals surface area (Å²) >= 11 is 6.50. The maximum absolute atomic E-state index is 11.8. The second-order valence-electron chi connectivity index (χ2n) is 6.47. The minimum Gasteiger partial charge on any atom is -0.329 e. The van der Waals surface area contributed by atoms with Gasteiger partial charge < -0.3 is 4.98 Å². The zero-order valence-corrected chi connectivity index (χ0v) is 13.2. The zero-order valence-electron chi connectivity index (χ0n) is 12.5. The van der Waals surface area contributed by atoms with Crippen molar-refractivity contribution in [2.24, 2.45) is 11.8 Å². The highest BCUT2D eigenvalue weighted by molar-refractivity contribution is 6.36. The molecule has 1 N–H and O–H groups in total. The Morgan fingerprint density at radius 1 is 1.14 bits per heavy atom. The summed E-state index contributed by atoms with van der Waals surface area (Å²) in [5, 5.41) is 2.30. The van der Waals surface area contributed by atoms with Crippen molar-refractivity contribution in [3.05, 3.63) is 45.3 Å². The van der Waals surface area contributed by atoms with Crippen molar-refractivity contribution >= 4 is 22.4 Å². The molecule has 0 saturated heterocycles. The molecule has 0 amide bonds. The second-order valence-corrected chi connectivity index (χ2v) is 6.85. The van der Waals surface area contributed by atoms with Gasteiger partial charge in [-0.05, 0) is 42.4 Å². The Morgan fingerprint density at radius 2 is 1.90 bits per heavy atom. The van der Waals surface area contributed by atoms with E-state index in [-0.39, 0.29) is 5.56 Å². The van der Waals surface area contributed by atoms with Gasteiger partial charge in [0.05, 0.1) is 5.02 Å². The maximum Gasteiger partial charge on any atom is 0.255 e. The number of benzene rings is 1. The summed E-state index contributed by atoms with van der Waals surface area (Å²) in [5.74, 6) is 1.74. The molecule has 2 nitrogen and oxygen atoms in total. The fraction of sp³-hybridized carbons (Fsp3) is 0.500. The van der Waals surface area contributed by atoms with Crippen LogP contribution in [0.5, 0.6) is 0 Å². The lowest BCUT2D eigenvalue weighted by atomic mass is 9.80. The third kappa shape index (κ3) is 3.16. The van der Waals surface area contributed by atoms with Crippen molar-refractivity contribution in [2.45, 2.75) is 45.4 Å². The van der Waals surface area contributed by atoms with Crippen LogP contribution in [0.15, 0.2) is 29.2 Å². The van der Waals surface area contributed by atoms with Crippen LogP contribution in [0.3, 0.4) is 0 Å². The molecule has 0 spiro atoms. The first kappa shape index (κ1) is 14.6. The van der Waals surface area contributed by atoms with Gasteiger partial charge in [-0.15, -0.1) is 0 Å². The Kier molecular flexibility index (Phi) is 4.34. The van der Waals surface area contributed by atoms with Crippen molar-refractivity contribution in [3.8, 4) is 0 Å². The van der Waals surface area contributed by atoms with Crippen LogP contribution in [0.25, 0.3) is 10.8 Å². The molecule has 1 aromatic carbocycles. The number of fused-ring (bicyclic) bond motifs is 1. The van der Waals surface area contributed by atoms with Gasteiger partial charge in [-0.2, -0.15) is 0 Å². The lowest BCUT2D eigenvalue weighted by Gasteiger charge is -2.26. The predicted octanol–water partition coefficient (Wildman–Crippen LogP) is 4.94. The second kappa shape index (κ2) is 6.23. The molecule has 2 aromatic rings. The van der Waals surface area contributed by atoms with E-state index in [1.807, 2.05) is 18.2 Å². The maximum atomic E-state index is 11.8. The number of pyridine rings is 1. The molecular formula is C18H22ClNO. The summed E-state index contributed by atoms with van der Waals surface area (Å²) in [6, 6.07) is 5.81. The SMILES string of the molecule is CC1CCC(CCc2ccc3c(=O)[nH]ccc3c2Cl)CC1. The molecule has 0 aliphatic heterocycles. The molecule has 0 radical (unpaired) electrons. The predicted molar refractivity (Wildman–Crippen MR) is 89.0 cm³/mol. The number of H-pyrrole nitrogens is 1. The van der Waals surface area contributed by atoms with Crippen LogP contribution in [0.4, 0.5) is 0 Å². The normalized spacial score (nSPS) is 22.6. The first-order valence-electron chi connectivity index (χ1n) is 7.94. The Hall–Kier alpha value is -1.28. The molecule has 1 heterocycles. The zero-order chi connectivity index (χ0) is 14.8. The Morgan fingerprint density at radius 3 is 2.67 bits per heavy atom. The largest absolute Gasteiger partial charge is 0.329 e. The van der Waals surface area contributed by atoms with Gasteiger partial charge in [0.25, 0.3) is 5.56 Å². The summed E-state index contributed by atoms with van der Waals surface area (Å²) in [6.07, 6.45) is 9.33. The first-order valence-corrected chi connectivity index (χ1v) is 8.31. The molecule has 1 aromatic heterocycles. The van der Waals surface area contributed by atoms with Gasteiger partial charge in [-0.3, -0.25) is 4.79 Å². The van der Waals surface area contributed by atoms with Crippen molar-refractivity contribution < 1.29 is 0 Å². The molecule has 1 aliphatic rings. The van der Waals surface area contributed by atoms with E-state index < -0.39 is 0 Å². The molecule has 112 valence electrons. The molecule has 0 bridgehead atoms. The minimum atomic E-state index is -0.0674. The number of nitrogens with one attached hydrogen (secondary N) is 1. The standard InChI is InChI=1S/C18H22ClNO/c1-12-2-4-13(5-3-12)6-7-14-8-9-16-15(17(14)19)10-11-20-18(16)21/h8-13H,2-7H2,1H3,(H,20,21). The van der Waals surface area contributed by atoms with E-state index in [4.69, 9.17) is 11.6 Å². The van der Waals surface area contributed by atoms with E-state index in [2.05, 4.69) is 11.9 Å². The summed E-state index contributed by atoms with van der Waals surface area (Å²) in [6.45, 7) is 2.36. The summed E-state index contributed by atoms with van der Waals surface area (Å²) in [5.41, 5.74) is 1.11. The highest BCUT2D eigenvalue weighted by Gasteiger charge is 2.18. The van der Waals surface area contributed by atoms with E-state index in [9.17, 15) is 4.79 Å². The van der Waals surface area contributed by atoms with Gasteiger partial charge >= 0.3 is 0 Å². The summed E-state index contributed by atoms with van der Waals surface area (Å²) in [4.78, 5) is 14.5. The van der Waals surface area contributed by atoms with Crippen LogP contribution in [-0.2, 0) is 6.42 Å². The van der Waals surface area contributed by atoms with Crippen LogP contribution >= 0.6 is 11.6 Å². The van der Waals surface area contributed by atoms with Gasteiger partial charge in [-0.1, -0.05) is 50.3 Å². The van der Waals surface area contributed by atoms with E-state index in [1.165, 1.54) is 37.7 Å². The fourth-order valence-electron chi connectivity index (χ4n) is 3.45. The van der Waals surface area contributed by atoms with Gasteiger partial charge in [0.2, 0.25) is 0 Å². The lowest BCUT2D eigenvalue weighted by Crippen LogP contribution is -2.13. The average molecular weight is 304 g/mol. The molecule has 1 saturated carbocycles. The van der Waals surface area contributed by atoms with Crippen molar-refractivity contribution in [2.75, 3.05) is 0 Å². The van der Waals surface area contributed by atoms with Gasteiger partial charge in [0.1, 0.15) is 0 Å². The van der Waals surface area contributed by atoms with Crippen LogP contribution in [0.1, 0.15) is 44.6 Å². The van der Waals surface area contributed by atoms with Crippen LogP contribution < -0.4 is 5.56 Å². The number of aromatic nitrogens is 1. The van der Waals surface area contributed by atoms with Crippen LogP contribution in [-0.4, -0.2) is 4.98 Å². The Bertz CT molecular complexity index is 683. The van der Waals surface area contributed by atoms with Crippen molar-refractivity contribution in [1.82, 2.24) is 4.98 Å². The number of halogens is 1. The number of rotatable bonds is 3. The third-order valence-electron chi connectivity index (χ3n) is 4.93. The van der Waals surface area contributed by atoms with Crippen molar-refractivity contribution in [3.63, 3.8) is 0 Å². The van der Waals surface area contributed by atoms with E-state index >= 15 is 0 Å². The monoisotopic (exact) mass is 303 g/mol. The minimum absolute atomic E-state index is 0.0674. The molecule has 0 atom stereocenters. The number of aryl methyl sites for hydroxylation is 1. The van der Waals surface area contributed by atoms with E-state index in [1.54, 1.807) is 6.20 Å². The van der Waals surface area contributed by atoms with Crippen LogP contribution in [0.2, 0.25) is 5.02 Å². The molecule has 1 fully saturated rings. The van der Waals surface area contributed by atoms with E-state index in [0.717, 1.165) is 28.7 Å². The Balaban J connectivity index is 1.76. The molecular weight excluding hydrogens is 282 g/mol. The molecule has 0 unspecified atom stereocenters. The molecule has 3 rings (SSSR count). The van der Waals surface area contributed by atoms with Gasteiger partial charge in [0, 0.05) is 17.0 Å². The number of hydrogen-bond donors (Lipinski definition) is 1. The van der Waals surface area contributed by atoms with Gasteiger partial charge in [-0.25, -0.2) is 0 Å². The average Bonchev–Trinajstić information content (AvgIpc) is 2.49. The number of hydrogen-bond acceptors (Lipinski definition) is 1. The van der Waals surface area contributed by atoms with Crippen LogP contribution in [0, 0.1) is 11.8 Å². The lowest BCUT2D eigenvalue weighted by molar-refractivity contribution is 0.278. The quantitative estimate of drug-likeness (QED) is 0.856. The highest BCUT2D eigenvalue weighted by atomic mass is 35.5. The molecule has 21 heavy (non-hydrogen) atoms. The molecule has 3 heteroatoms. The summed E-state index contributed by atoms with van der Waals surface area (Å²) < 4.78 is 0.